The van der Waals surface area contributed by atoms with Crippen molar-refractivity contribution in [2.75, 3.05) is 5.32 Å². The maximum Gasteiger partial charge on any atom is 0.244 e. The summed E-state index contributed by atoms with van der Waals surface area (Å²) < 4.78 is 1.69. The van der Waals surface area contributed by atoms with E-state index in [0.29, 0.717) is 26.6 Å². The Morgan fingerprint density at radius 1 is 1.08 bits per heavy atom. The van der Waals surface area contributed by atoms with E-state index in [2.05, 4.69) is 5.32 Å². The Balaban J connectivity index is 1.91. The number of pyridine rings is 1. The van der Waals surface area contributed by atoms with Crippen LogP contribution < -0.4 is 10.7 Å². The van der Waals surface area contributed by atoms with Crippen LogP contribution in [0.3, 0.4) is 0 Å². The van der Waals surface area contributed by atoms with Gasteiger partial charge in [-0.1, -0.05) is 29.3 Å². The minimum absolute atomic E-state index is 0.0586. The zero-order valence-corrected chi connectivity index (χ0v) is 14.4. The Labute approximate surface area is 148 Å². The first-order chi connectivity index (χ1) is 11.4. The van der Waals surface area contributed by atoms with Crippen molar-refractivity contribution in [2.24, 2.45) is 0 Å². The monoisotopic (exact) mass is 360 g/mol. The van der Waals surface area contributed by atoms with E-state index in [1.807, 2.05) is 13.0 Å². The molecule has 1 N–H and O–H groups in total. The number of nitrogens with zero attached hydrogens (tertiary/aromatic N) is 1. The van der Waals surface area contributed by atoms with Gasteiger partial charge in [-0.05, 0) is 42.8 Å². The first kappa shape index (κ1) is 16.6. The van der Waals surface area contributed by atoms with Crippen LogP contribution >= 0.6 is 23.2 Å². The van der Waals surface area contributed by atoms with Crippen LogP contribution in [0.4, 0.5) is 5.69 Å². The maximum atomic E-state index is 12.4. The van der Waals surface area contributed by atoms with Gasteiger partial charge in [0.15, 0.2) is 5.43 Å². The van der Waals surface area contributed by atoms with Crippen LogP contribution in [0.5, 0.6) is 0 Å². The summed E-state index contributed by atoms with van der Waals surface area (Å²) in [7, 11) is 0. The van der Waals surface area contributed by atoms with Gasteiger partial charge in [0, 0.05) is 33.4 Å². The summed E-state index contributed by atoms with van der Waals surface area (Å²) in [6, 6.07) is 11.7. The molecule has 0 spiro atoms. The third kappa shape index (κ3) is 3.45. The molecule has 0 atom stereocenters. The van der Waals surface area contributed by atoms with E-state index in [9.17, 15) is 9.59 Å². The first-order valence-electron chi connectivity index (χ1n) is 7.29. The highest BCUT2D eigenvalue weighted by Gasteiger charge is 2.09. The molecule has 3 aromatic rings. The van der Waals surface area contributed by atoms with Gasteiger partial charge in [0.1, 0.15) is 6.54 Å². The highest BCUT2D eigenvalue weighted by atomic mass is 35.5. The molecule has 0 aliphatic carbocycles. The Kier molecular flexibility index (Phi) is 4.60. The third-order valence-corrected chi connectivity index (χ3v) is 4.20. The number of hydrogen-bond acceptors (Lipinski definition) is 2. The Bertz CT molecular complexity index is 996. The molecular formula is C18H14Cl2N2O2. The lowest BCUT2D eigenvalue weighted by Crippen LogP contribution is -2.20. The molecule has 0 aliphatic heterocycles. The molecule has 0 bridgehead atoms. The quantitative estimate of drug-likeness (QED) is 0.758. The molecule has 2 aromatic carbocycles. The first-order valence-corrected chi connectivity index (χ1v) is 8.04. The number of aryl methyl sites for hydroxylation is 1. The zero-order chi connectivity index (χ0) is 17.3. The van der Waals surface area contributed by atoms with Crippen LogP contribution in [0.2, 0.25) is 10.0 Å². The normalized spacial score (nSPS) is 10.8. The van der Waals surface area contributed by atoms with E-state index in [1.165, 1.54) is 6.07 Å². The molecule has 122 valence electrons. The van der Waals surface area contributed by atoms with Gasteiger partial charge in [0.05, 0.1) is 5.52 Å². The second-order valence-corrected chi connectivity index (χ2v) is 6.35. The summed E-state index contributed by atoms with van der Waals surface area (Å²) in [5.74, 6) is -0.217. The number of carbonyl (C=O) groups excluding carboxylic acids is 1. The van der Waals surface area contributed by atoms with E-state index < -0.39 is 0 Å². The molecule has 0 unspecified atom stereocenters. The second-order valence-electron chi connectivity index (χ2n) is 5.48. The van der Waals surface area contributed by atoms with Crippen molar-refractivity contribution in [3.8, 4) is 0 Å². The van der Waals surface area contributed by atoms with Gasteiger partial charge in [0.25, 0.3) is 0 Å². The molecule has 1 aromatic heterocycles. The number of benzene rings is 2. The molecule has 4 nitrogen and oxygen atoms in total. The lowest BCUT2D eigenvalue weighted by molar-refractivity contribution is -0.116. The van der Waals surface area contributed by atoms with Gasteiger partial charge >= 0.3 is 0 Å². The average Bonchev–Trinajstić information content (AvgIpc) is 2.53. The minimum Gasteiger partial charge on any atom is -0.338 e. The van der Waals surface area contributed by atoms with Crippen molar-refractivity contribution in [3.63, 3.8) is 0 Å². The number of carbonyl (C=O) groups is 1. The van der Waals surface area contributed by atoms with Gasteiger partial charge in [-0.15, -0.1) is 0 Å². The zero-order valence-electron chi connectivity index (χ0n) is 12.8. The minimum atomic E-state index is -0.217. The summed E-state index contributed by atoms with van der Waals surface area (Å²) in [5.41, 5.74) is 2.09. The van der Waals surface area contributed by atoms with Crippen molar-refractivity contribution in [1.29, 1.82) is 0 Å². The number of anilines is 1. The number of aromatic nitrogens is 1. The lowest BCUT2D eigenvalue weighted by Gasteiger charge is -2.13. The fraction of sp³-hybridized carbons (Fsp3) is 0.111. The summed E-state index contributed by atoms with van der Waals surface area (Å²) in [6.07, 6.45) is 1.59. The highest BCUT2D eigenvalue weighted by molar-refractivity contribution is 6.31. The number of rotatable bonds is 3. The van der Waals surface area contributed by atoms with E-state index in [1.54, 1.807) is 41.1 Å². The topological polar surface area (TPSA) is 51.1 Å². The van der Waals surface area contributed by atoms with Crippen LogP contribution in [-0.4, -0.2) is 10.5 Å². The Morgan fingerprint density at radius 2 is 1.79 bits per heavy atom. The van der Waals surface area contributed by atoms with Crippen LogP contribution in [0.25, 0.3) is 10.9 Å². The SMILES string of the molecule is Cc1ccc(Cl)cc1NC(=O)Cn1ccc(=O)c2ccc(Cl)cc21. The van der Waals surface area contributed by atoms with Crippen LogP contribution in [0, 0.1) is 6.92 Å². The molecule has 0 aliphatic rings. The van der Waals surface area contributed by atoms with Crippen molar-refractivity contribution in [3.05, 3.63) is 74.5 Å². The van der Waals surface area contributed by atoms with Crippen molar-refractivity contribution in [1.82, 2.24) is 4.57 Å². The maximum absolute atomic E-state index is 12.4. The van der Waals surface area contributed by atoms with Crippen LogP contribution in [-0.2, 0) is 11.3 Å². The van der Waals surface area contributed by atoms with Crippen molar-refractivity contribution in [2.45, 2.75) is 13.5 Å². The molecule has 0 radical (unpaired) electrons. The van der Waals surface area contributed by atoms with Gasteiger partial charge in [-0.2, -0.15) is 0 Å². The average molecular weight is 361 g/mol. The van der Waals surface area contributed by atoms with Crippen LogP contribution in [0.1, 0.15) is 5.56 Å². The Morgan fingerprint density at radius 3 is 2.58 bits per heavy atom. The van der Waals surface area contributed by atoms with E-state index in [-0.39, 0.29) is 17.9 Å². The number of nitrogens with one attached hydrogen (secondary N) is 1. The standard InChI is InChI=1S/C18H14Cl2N2O2/c1-11-2-3-12(19)8-15(11)21-18(24)10-22-7-6-17(23)14-5-4-13(20)9-16(14)22/h2-9H,10H2,1H3,(H,21,24). The summed E-state index contributed by atoms with van der Waals surface area (Å²) in [5, 5.41) is 4.42. The Hall–Kier alpha value is -2.30. The predicted octanol–water partition coefficient (Wildman–Crippen LogP) is 4.26. The third-order valence-electron chi connectivity index (χ3n) is 3.73. The molecule has 24 heavy (non-hydrogen) atoms. The van der Waals surface area contributed by atoms with Gasteiger partial charge in [-0.25, -0.2) is 0 Å². The summed E-state index contributed by atoms with van der Waals surface area (Å²) in [4.78, 5) is 24.3. The second kappa shape index (κ2) is 6.67. The van der Waals surface area contributed by atoms with Gasteiger partial charge in [0.2, 0.25) is 5.91 Å². The lowest BCUT2D eigenvalue weighted by atomic mass is 10.2. The fourth-order valence-corrected chi connectivity index (χ4v) is 2.83. The molecule has 1 amide bonds. The fourth-order valence-electron chi connectivity index (χ4n) is 2.49. The number of amides is 1. The predicted molar refractivity (Wildman–Crippen MR) is 98.0 cm³/mol. The molecule has 1 heterocycles. The molecule has 0 fully saturated rings. The van der Waals surface area contributed by atoms with Gasteiger partial charge < -0.3 is 9.88 Å². The van der Waals surface area contributed by atoms with E-state index >= 15 is 0 Å². The molecule has 0 saturated carbocycles. The molecular weight excluding hydrogens is 347 g/mol. The van der Waals surface area contributed by atoms with Crippen LogP contribution in [0.15, 0.2) is 53.5 Å². The summed E-state index contributed by atoms with van der Waals surface area (Å²) in [6.45, 7) is 1.95. The van der Waals surface area contributed by atoms with Crippen molar-refractivity contribution < 1.29 is 4.79 Å². The summed E-state index contributed by atoms with van der Waals surface area (Å²) >= 11 is 12.0. The van der Waals surface area contributed by atoms with E-state index in [4.69, 9.17) is 23.2 Å². The number of fused-ring (bicyclic) bond motifs is 1. The highest BCUT2D eigenvalue weighted by Crippen LogP contribution is 2.21. The van der Waals surface area contributed by atoms with Gasteiger partial charge in [-0.3, -0.25) is 9.59 Å². The van der Waals surface area contributed by atoms with Crippen molar-refractivity contribution >= 4 is 45.7 Å². The molecule has 6 heteroatoms. The largest absolute Gasteiger partial charge is 0.338 e. The molecule has 3 rings (SSSR count). The number of hydrogen-bond donors (Lipinski definition) is 1. The van der Waals surface area contributed by atoms with E-state index in [0.717, 1.165) is 5.56 Å². The molecule has 0 saturated heterocycles. The smallest absolute Gasteiger partial charge is 0.244 e. The number of halogens is 2.